The van der Waals surface area contributed by atoms with E-state index >= 15 is 0 Å². The van der Waals surface area contributed by atoms with E-state index in [0.717, 1.165) is 11.1 Å². The van der Waals surface area contributed by atoms with Gasteiger partial charge < -0.3 is 18.8 Å². The van der Waals surface area contributed by atoms with Gasteiger partial charge in [-0.15, -0.1) is 0 Å². The fourth-order valence-corrected chi connectivity index (χ4v) is 4.67. The molecule has 0 radical (unpaired) electrons. The Balaban J connectivity index is 1.97. The second kappa shape index (κ2) is 11.2. The highest BCUT2D eigenvalue weighted by atomic mass is 19.1. The Hall–Kier alpha value is -5.02. The van der Waals surface area contributed by atoms with Crippen LogP contribution >= 0.6 is 0 Å². The van der Waals surface area contributed by atoms with Gasteiger partial charge in [-0.3, -0.25) is 4.79 Å². The predicted octanol–water partition coefficient (Wildman–Crippen LogP) is 6.28. The van der Waals surface area contributed by atoms with E-state index < -0.39 is 0 Å². The van der Waals surface area contributed by atoms with Crippen LogP contribution in [-0.2, 0) is 6.54 Å². The largest absolute Gasteiger partial charge is 0.493 e. The van der Waals surface area contributed by atoms with E-state index in [9.17, 15) is 9.18 Å². The first-order chi connectivity index (χ1) is 19.0. The van der Waals surface area contributed by atoms with Crippen LogP contribution in [0.3, 0.4) is 0 Å². The zero-order valence-corrected chi connectivity index (χ0v) is 21.8. The minimum Gasteiger partial charge on any atom is -0.493 e. The van der Waals surface area contributed by atoms with Gasteiger partial charge in [0.2, 0.25) is 5.75 Å². The molecule has 4 aromatic carbocycles. The van der Waals surface area contributed by atoms with Gasteiger partial charge >= 0.3 is 0 Å². The summed E-state index contributed by atoms with van der Waals surface area (Å²) in [7, 11) is 4.59. The van der Waals surface area contributed by atoms with Crippen molar-refractivity contribution in [3.63, 3.8) is 0 Å². The zero-order valence-electron chi connectivity index (χ0n) is 21.8. The number of hydrogen-bond acceptors (Lipinski definition) is 4. The van der Waals surface area contributed by atoms with Crippen molar-refractivity contribution in [3.8, 4) is 40.2 Å². The molecule has 0 bridgehead atoms. The van der Waals surface area contributed by atoms with Crippen molar-refractivity contribution in [2.75, 3.05) is 21.3 Å². The number of methoxy groups -OCH3 is 3. The van der Waals surface area contributed by atoms with Crippen LogP contribution in [0.4, 0.5) is 4.39 Å². The molecule has 39 heavy (non-hydrogen) atoms. The first-order valence-electron chi connectivity index (χ1n) is 12.3. The molecule has 0 amide bonds. The summed E-state index contributed by atoms with van der Waals surface area (Å²) in [6.45, 7) is 0.290. The molecule has 0 N–H and O–H groups in total. The highest BCUT2D eigenvalue weighted by molar-refractivity contribution is 6.04. The van der Waals surface area contributed by atoms with E-state index in [-0.39, 0.29) is 16.9 Å². The highest BCUT2D eigenvalue weighted by Crippen LogP contribution is 2.47. The molecule has 0 aliphatic rings. The number of nitrogens with zero attached hydrogens (tertiary/aromatic N) is 1. The molecular weight excluding hydrogens is 493 g/mol. The molecule has 0 spiro atoms. The maximum Gasteiger partial charge on any atom is 0.267 e. The summed E-state index contributed by atoms with van der Waals surface area (Å²) in [5.74, 6) is 7.07. The lowest BCUT2D eigenvalue weighted by Crippen LogP contribution is -2.25. The van der Waals surface area contributed by atoms with E-state index in [0.29, 0.717) is 45.8 Å². The number of hydrogen-bond donors (Lipinski definition) is 0. The summed E-state index contributed by atoms with van der Waals surface area (Å²) in [5, 5.41) is 0.606. The number of rotatable bonds is 6. The second-order valence-corrected chi connectivity index (χ2v) is 8.79. The van der Waals surface area contributed by atoms with Gasteiger partial charge in [-0.25, -0.2) is 4.39 Å². The third kappa shape index (κ3) is 4.95. The fraction of sp³-hybridized carbons (Fsp3) is 0.121. The number of ether oxygens (including phenoxy) is 3. The summed E-state index contributed by atoms with van der Waals surface area (Å²) in [6.07, 6.45) is 0. The molecule has 0 saturated carbocycles. The quantitative estimate of drug-likeness (QED) is 0.248. The third-order valence-corrected chi connectivity index (χ3v) is 6.48. The number of halogens is 1. The van der Waals surface area contributed by atoms with Crippen molar-refractivity contribution in [1.29, 1.82) is 0 Å². The molecule has 0 aliphatic carbocycles. The highest BCUT2D eigenvalue weighted by Gasteiger charge is 2.25. The molecule has 0 saturated heterocycles. The molecule has 6 heteroatoms. The molecular formula is C33H26FNO4. The van der Waals surface area contributed by atoms with Gasteiger partial charge in [0.15, 0.2) is 11.5 Å². The van der Waals surface area contributed by atoms with E-state index in [2.05, 4.69) is 11.8 Å². The maximum absolute atomic E-state index is 14.3. The summed E-state index contributed by atoms with van der Waals surface area (Å²) >= 11 is 0. The molecule has 0 atom stereocenters. The van der Waals surface area contributed by atoms with Crippen LogP contribution in [0.2, 0.25) is 0 Å². The van der Waals surface area contributed by atoms with Crippen LogP contribution in [0.1, 0.15) is 16.7 Å². The molecule has 0 aliphatic heterocycles. The van der Waals surface area contributed by atoms with Gasteiger partial charge in [-0.2, -0.15) is 0 Å². The number of fused-ring (bicyclic) bond motifs is 1. The van der Waals surface area contributed by atoms with Crippen molar-refractivity contribution in [2.45, 2.75) is 6.54 Å². The second-order valence-electron chi connectivity index (χ2n) is 8.79. The Labute approximate surface area is 226 Å². The average molecular weight is 520 g/mol. The van der Waals surface area contributed by atoms with Gasteiger partial charge in [0.1, 0.15) is 5.82 Å². The first kappa shape index (κ1) is 25.6. The van der Waals surface area contributed by atoms with E-state index in [1.165, 1.54) is 33.5 Å². The SMILES string of the molecule is COc1cc2c(c(OC)c1OC)c(-c1ccc(F)cc1)c(C#Cc1ccccc1)c(=O)n2Cc1ccccc1. The Bertz CT molecular complexity index is 1750. The van der Waals surface area contributed by atoms with Crippen molar-refractivity contribution < 1.29 is 18.6 Å². The minimum atomic E-state index is -0.386. The van der Waals surface area contributed by atoms with Crippen LogP contribution in [0.5, 0.6) is 17.2 Å². The van der Waals surface area contributed by atoms with E-state index in [1.807, 2.05) is 60.7 Å². The van der Waals surface area contributed by atoms with Gasteiger partial charge in [-0.05, 0) is 35.4 Å². The zero-order chi connectivity index (χ0) is 27.4. The molecule has 5 aromatic rings. The van der Waals surface area contributed by atoms with Crippen LogP contribution in [0.25, 0.3) is 22.0 Å². The summed E-state index contributed by atoms with van der Waals surface area (Å²) in [6, 6.07) is 26.9. The Kier molecular flexibility index (Phi) is 7.33. The standard InChI is InChI=1S/C33H26FNO4/c1-37-28-20-27-30(32(39-3)31(28)38-2)29(24-15-17-25(34)18-16-24)26(19-14-22-10-6-4-7-11-22)33(36)35(27)21-23-12-8-5-9-13-23/h4-13,15-18,20H,21H2,1-3H3. The van der Waals surface area contributed by atoms with Crippen LogP contribution < -0.4 is 19.8 Å². The smallest absolute Gasteiger partial charge is 0.267 e. The van der Waals surface area contributed by atoms with Crippen molar-refractivity contribution in [1.82, 2.24) is 4.57 Å². The van der Waals surface area contributed by atoms with Gasteiger partial charge in [0.25, 0.3) is 5.56 Å². The molecule has 0 fully saturated rings. The number of pyridine rings is 1. The van der Waals surface area contributed by atoms with Crippen LogP contribution in [-0.4, -0.2) is 25.9 Å². The van der Waals surface area contributed by atoms with Gasteiger partial charge in [0.05, 0.1) is 44.3 Å². The summed E-state index contributed by atoms with van der Waals surface area (Å²) in [5.41, 5.74) is 3.39. The van der Waals surface area contributed by atoms with Crippen LogP contribution in [0, 0.1) is 17.7 Å². The fourth-order valence-electron chi connectivity index (χ4n) is 4.67. The van der Waals surface area contributed by atoms with Crippen LogP contribution in [0.15, 0.2) is 95.8 Å². The topological polar surface area (TPSA) is 49.7 Å². The maximum atomic E-state index is 14.3. The number of aromatic nitrogens is 1. The Morgan fingerprint density at radius 3 is 2.03 bits per heavy atom. The average Bonchev–Trinajstić information content (AvgIpc) is 2.98. The normalized spacial score (nSPS) is 10.6. The molecule has 194 valence electrons. The summed E-state index contributed by atoms with van der Waals surface area (Å²) < 4.78 is 32.9. The Morgan fingerprint density at radius 1 is 0.769 bits per heavy atom. The molecule has 5 rings (SSSR count). The molecule has 1 aromatic heterocycles. The van der Waals surface area contributed by atoms with E-state index in [1.54, 1.807) is 22.8 Å². The number of benzene rings is 4. The van der Waals surface area contributed by atoms with Gasteiger partial charge in [0, 0.05) is 17.2 Å². The van der Waals surface area contributed by atoms with Crippen molar-refractivity contribution >= 4 is 10.9 Å². The molecule has 1 heterocycles. The predicted molar refractivity (Wildman–Crippen MR) is 151 cm³/mol. The lowest BCUT2D eigenvalue weighted by molar-refractivity contribution is 0.327. The van der Waals surface area contributed by atoms with Crippen molar-refractivity contribution in [2.24, 2.45) is 0 Å². The van der Waals surface area contributed by atoms with Crippen molar-refractivity contribution in [3.05, 3.63) is 124 Å². The minimum absolute atomic E-state index is 0.263. The van der Waals surface area contributed by atoms with Gasteiger partial charge in [-0.1, -0.05) is 72.5 Å². The first-order valence-corrected chi connectivity index (χ1v) is 12.3. The lowest BCUT2D eigenvalue weighted by Gasteiger charge is -2.21. The monoisotopic (exact) mass is 519 g/mol. The molecule has 0 unspecified atom stereocenters. The third-order valence-electron chi connectivity index (χ3n) is 6.48. The lowest BCUT2D eigenvalue weighted by atomic mass is 9.94. The Morgan fingerprint density at radius 2 is 1.41 bits per heavy atom. The van der Waals surface area contributed by atoms with E-state index in [4.69, 9.17) is 14.2 Å². The molecule has 5 nitrogen and oxygen atoms in total. The summed E-state index contributed by atoms with van der Waals surface area (Å²) in [4.78, 5) is 14.3.